The minimum absolute atomic E-state index is 0.0815. The molecule has 1 amide bonds. The molecular formula is C18H23FN2O2. The number of hydrogen-bond acceptors (Lipinski definition) is 3. The van der Waals surface area contributed by atoms with E-state index in [2.05, 4.69) is 10.5 Å². The Balaban J connectivity index is 1.46. The number of nitrogens with zero attached hydrogens (tertiary/aromatic N) is 1. The number of halogens is 1. The molecule has 1 aromatic rings. The van der Waals surface area contributed by atoms with Crippen LogP contribution in [0.1, 0.15) is 44.9 Å². The molecule has 0 aromatic heterocycles. The molecule has 2 atom stereocenters. The molecule has 4 nitrogen and oxygen atoms in total. The molecule has 0 radical (unpaired) electrons. The third kappa shape index (κ3) is 4.30. The first kappa shape index (κ1) is 16.0. The highest BCUT2D eigenvalue weighted by Crippen LogP contribution is 2.39. The molecule has 2 saturated carbocycles. The lowest BCUT2D eigenvalue weighted by molar-refractivity contribution is -0.123. The van der Waals surface area contributed by atoms with Gasteiger partial charge in [-0.25, -0.2) is 9.82 Å². The summed E-state index contributed by atoms with van der Waals surface area (Å²) < 4.78 is 18.6. The van der Waals surface area contributed by atoms with E-state index in [9.17, 15) is 9.18 Å². The maximum Gasteiger partial charge on any atom is 0.277 e. The number of amides is 1. The van der Waals surface area contributed by atoms with Crippen LogP contribution in [-0.4, -0.2) is 18.2 Å². The van der Waals surface area contributed by atoms with Crippen molar-refractivity contribution in [2.24, 2.45) is 16.9 Å². The molecule has 23 heavy (non-hydrogen) atoms. The quantitative estimate of drug-likeness (QED) is 0.861. The average Bonchev–Trinajstić information content (AvgIpc) is 2.59. The number of fused-ring (bicyclic) bond motifs is 1. The van der Waals surface area contributed by atoms with Crippen molar-refractivity contribution in [1.29, 1.82) is 0 Å². The molecule has 0 heterocycles. The van der Waals surface area contributed by atoms with Gasteiger partial charge in [0, 0.05) is 5.71 Å². The molecule has 3 rings (SSSR count). The predicted molar refractivity (Wildman–Crippen MR) is 86.8 cm³/mol. The van der Waals surface area contributed by atoms with Gasteiger partial charge in [-0.05, 0) is 49.7 Å². The van der Waals surface area contributed by atoms with E-state index in [4.69, 9.17) is 4.74 Å². The summed E-state index contributed by atoms with van der Waals surface area (Å²) >= 11 is 0. The van der Waals surface area contributed by atoms with E-state index in [1.165, 1.54) is 44.2 Å². The maximum absolute atomic E-state index is 13.4. The highest BCUT2D eigenvalue weighted by atomic mass is 19.1. The smallest absolute Gasteiger partial charge is 0.277 e. The Morgan fingerprint density at radius 3 is 2.83 bits per heavy atom. The summed E-state index contributed by atoms with van der Waals surface area (Å²) in [7, 11) is 0. The monoisotopic (exact) mass is 318 g/mol. The molecule has 0 saturated heterocycles. The van der Waals surface area contributed by atoms with Crippen LogP contribution in [0.3, 0.4) is 0 Å². The van der Waals surface area contributed by atoms with Crippen LogP contribution in [0.4, 0.5) is 4.39 Å². The second kappa shape index (κ2) is 7.57. The summed E-state index contributed by atoms with van der Waals surface area (Å²) in [5.74, 6) is 0.845. The van der Waals surface area contributed by atoms with E-state index in [1.807, 2.05) is 0 Å². The van der Waals surface area contributed by atoms with Crippen LogP contribution in [0.2, 0.25) is 0 Å². The fourth-order valence-corrected chi connectivity index (χ4v) is 3.67. The number of benzene rings is 1. The minimum atomic E-state index is -0.470. The summed E-state index contributed by atoms with van der Waals surface area (Å²) in [5.41, 5.74) is 3.62. The number of carbonyl (C=O) groups excluding carboxylic acids is 1. The molecule has 0 aliphatic heterocycles. The van der Waals surface area contributed by atoms with Crippen molar-refractivity contribution in [2.75, 3.05) is 6.61 Å². The number of para-hydroxylation sites is 1. The summed E-state index contributed by atoms with van der Waals surface area (Å²) in [6.45, 7) is -0.232. The highest BCUT2D eigenvalue weighted by molar-refractivity contribution is 5.87. The lowest BCUT2D eigenvalue weighted by atomic mass is 9.70. The minimum Gasteiger partial charge on any atom is -0.481 e. The zero-order chi connectivity index (χ0) is 16.1. The number of rotatable bonds is 4. The van der Waals surface area contributed by atoms with Crippen LogP contribution < -0.4 is 10.2 Å². The number of hydrogen-bond donors (Lipinski definition) is 1. The Labute approximate surface area is 136 Å². The first-order valence-electron chi connectivity index (χ1n) is 8.44. The summed E-state index contributed by atoms with van der Waals surface area (Å²) in [6, 6.07) is 6.05. The molecule has 0 spiro atoms. The predicted octanol–water partition coefficient (Wildman–Crippen LogP) is 3.67. The molecule has 2 aliphatic rings. The van der Waals surface area contributed by atoms with E-state index in [0.29, 0.717) is 0 Å². The van der Waals surface area contributed by atoms with Crippen LogP contribution in [-0.2, 0) is 4.79 Å². The zero-order valence-corrected chi connectivity index (χ0v) is 13.3. The van der Waals surface area contributed by atoms with Crippen molar-refractivity contribution < 1.29 is 13.9 Å². The third-order valence-electron chi connectivity index (χ3n) is 4.90. The first-order chi connectivity index (χ1) is 11.2. The molecule has 2 fully saturated rings. The standard InChI is InChI=1S/C18H23FN2O2/c19-16-7-3-4-8-17(16)23-12-18(22)21-20-15-10-9-13-5-1-2-6-14(13)11-15/h3-4,7-8,13-14H,1-2,5-6,9-12H2,(H,21,22)/b20-15-/t13-,14+/m1/s1. The number of nitrogens with one attached hydrogen (secondary N) is 1. The highest BCUT2D eigenvalue weighted by Gasteiger charge is 2.30. The second-order valence-electron chi connectivity index (χ2n) is 6.48. The van der Waals surface area contributed by atoms with Gasteiger partial charge in [-0.15, -0.1) is 0 Å². The van der Waals surface area contributed by atoms with Crippen molar-refractivity contribution in [3.63, 3.8) is 0 Å². The Hall–Kier alpha value is -1.91. The van der Waals surface area contributed by atoms with Crippen molar-refractivity contribution in [3.8, 4) is 5.75 Å². The molecule has 0 unspecified atom stereocenters. The van der Waals surface area contributed by atoms with E-state index in [0.717, 1.165) is 30.4 Å². The van der Waals surface area contributed by atoms with E-state index in [-0.39, 0.29) is 18.3 Å². The largest absolute Gasteiger partial charge is 0.481 e. The van der Waals surface area contributed by atoms with Gasteiger partial charge in [-0.1, -0.05) is 31.4 Å². The molecule has 1 N–H and O–H groups in total. The Bertz CT molecular complexity index is 588. The summed E-state index contributed by atoms with van der Waals surface area (Å²) in [4.78, 5) is 11.8. The first-order valence-corrected chi connectivity index (χ1v) is 8.44. The topological polar surface area (TPSA) is 50.7 Å². The van der Waals surface area contributed by atoms with Gasteiger partial charge in [0.1, 0.15) is 0 Å². The van der Waals surface area contributed by atoms with Crippen molar-refractivity contribution in [1.82, 2.24) is 5.43 Å². The van der Waals surface area contributed by atoms with E-state index in [1.54, 1.807) is 12.1 Å². The van der Waals surface area contributed by atoms with Crippen LogP contribution in [0.15, 0.2) is 29.4 Å². The van der Waals surface area contributed by atoms with Gasteiger partial charge in [0.25, 0.3) is 5.91 Å². The normalized spacial score (nSPS) is 25.7. The Morgan fingerprint density at radius 2 is 2.00 bits per heavy atom. The van der Waals surface area contributed by atoms with Gasteiger partial charge in [-0.3, -0.25) is 4.79 Å². The summed E-state index contributed by atoms with van der Waals surface area (Å²) in [5, 5.41) is 4.25. The lowest BCUT2D eigenvalue weighted by Gasteiger charge is -2.35. The molecule has 2 aliphatic carbocycles. The fourth-order valence-electron chi connectivity index (χ4n) is 3.67. The van der Waals surface area contributed by atoms with Crippen LogP contribution >= 0.6 is 0 Å². The summed E-state index contributed by atoms with van der Waals surface area (Å²) in [6.07, 6.45) is 8.46. The number of ether oxygens (including phenoxy) is 1. The van der Waals surface area contributed by atoms with Gasteiger partial charge in [-0.2, -0.15) is 5.10 Å². The van der Waals surface area contributed by atoms with Gasteiger partial charge in [0.15, 0.2) is 18.2 Å². The molecule has 0 bridgehead atoms. The van der Waals surface area contributed by atoms with Gasteiger partial charge >= 0.3 is 0 Å². The van der Waals surface area contributed by atoms with Gasteiger partial charge in [0.2, 0.25) is 0 Å². The molecular weight excluding hydrogens is 295 g/mol. The number of carbonyl (C=O) groups is 1. The van der Waals surface area contributed by atoms with Crippen LogP contribution in [0, 0.1) is 17.7 Å². The molecule has 124 valence electrons. The maximum atomic E-state index is 13.4. The average molecular weight is 318 g/mol. The van der Waals surface area contributed by atoms with Crippen molar-refractivity contribution in [2.45, 2.75) is 44.9 Å². The Kier molecular flexibility index (Phi) is 5.26. The van der Waals surface area contributed by atoms with E-state index < -0.39 is 5.82 Å². The third-order valence-corrected chi connectivity index (χ3v) is 4.90. The molecule has 1 aromatic carbocycles. The SMILES string of the molecule is O=C(COc1ccccc1F)N/N=C1/CC[C@H]2CCCC[C@H]2C1. The zero-order valence-electron chi connectivity index (χ0n) is 13.3. The van der Waals surface area contributed by atoms with Crippen molar-refractivity contribution in [3.05, 3.63) is 30.1 Å². The van der Waals surface area contributed by atoms with E-state index >= 15 is 0 Å². The van der Waals surface area contributed by atoms with Crippen LogP contribution in [0.25, 0.3) is 0 Å². The van der Waals surface area contributed by atoms with Gasteiger partial charge < -0.3 is 4.74 Å². The Morgan fingerprint density at radius 1 is 1.22 bits per heavy atom. The van der Waals surface area contributed by atoms with Crippen molar-refractivity contribution >= 4 is 11.6 Å². The van der Waals surface area contributed by atoms with Crippen LogP contribution in [0.5, 0.6) is 5.75 Å². The lowest BCUT2D eigenvalue weighted by Crippen LogP contribution is -2.31. The fraction of sp³-hybridized carbons (Fsp3) is 0.556. The second-order valence-corrected chi connectivity index (χ2v) is 6.48. The number of hydrazone groups is 1. The van der Waals surface area contributed by atoms with Gasteiger partial charge in [0.05, 0.1) is 0 Å². The molecule has 5 heteroatoms.